The fourth-order valence-electron chi connectivity index (χ4n) is 2.64. The average Bonchev–Trinajstić information content (AvgIpc) is 2.66. The smallest absolute Gasteiger partial charge is 0.266 e. The maximum Gasteiger partial charge on any atom is 0.266 e. The molecule has 27 heavy (non-hydrogen) atoms. The fourth-order valence-corrected chi connectivity index (χ4v) is 3.77. The normalized spacial score (nSPS) is 12.1. The maximum atomic E-state index is 13.2. The van der Waals surface area contributed by atoms with E-state index in [2.05, 4.69) is 10.3 Å². The van der Waals surface area contributed by atoms with Gasteiger partial charge in [0, 0.05) is 11.6 Å². The average molecular weight is 402 g/mol. The van der Waals surface area contributed by atoms with Crippen LogP contribution in [0.3, 0.4) is 0 Å². The van der Waals surface area contributed by atoms with Crippen molar-refractivity contribution >= 4 is 40.2 Å². The first-order chi connectivity index (χ1) is 13.0. The van der Waals surface area contributed by atoms with Crippen molar-refractivity contribution in [2.75, 3.05) is 6.54 Å². The van der Waals surface area contributed by atoms with Crippen LogP contribution in [0.25, 0.3) is 16.6 Å². The number of benzene rings is 2. The Hall–Kier alpha value is -2.31. The number of carbonyl (C=O) groups excluding carboxylic acids is 1. The molecule has 1 amide bonds. The minimum absolute atomic E-state index is 0.0816. The molecule has 0 aliphatic rings. The lowest BCUT2D eigenvalue weighted by atomic mass is 10.2. The zero-order valence-corrected chi connectivity index (χ0v) is 16.7. The molecule has 3 rings (SSSR count). The van der Waals surface area contributed by atoms with Crippen molar-refractivity contribution in [1.82, 2.24) is 14.9 Å². The molecule has 1 N–H and O–H groups in total. The van der Waals surface area contributed by atoms with E-state index >= 15 is 0 Å². The minimum atomic E-state index is -0.393. The largest absolute Gasteiger partial charge is 0.355 e. The topological polar surface area (TPSA) is 64.0 Å². The van der Waals surface area contributed by atoms with Crippen LogP contribution in [0, 0.1) is 0 Å². The van der Waals surface area contributed by atoms with Gasteiger partial charge in [-0.05, 0) is 43.7 Å². The molecule has 0 aliphatic heterocycles. The van der Waals surface area contributed by atoms with Crippen molar-refractivity contribution in [3.63, 3.8) is 0 Å². The molecule has 140 valence electrons. The molecule has 0 spiro atoms. The van der Waals surface area contributed by atoms with E-state index in [4.69, 9.17) is 11.6 Å². The number of thioether (sulfide) groups is 1. The van der Waals surface area contributed by atoms with Crippen LogP contribution < -0.4 is 10.9 Å². The number of rotatable bonds is 6. The van der Waals surface area contributed by atoms with Gasteiger partial charge in [-0.25, -0.2) is 4.98 Å². The number of hydrogen-bond acceptors (Lipinski definition) is 4. The van der Waals surface area contributed by atoms with Gasteiger partial charge in [0.15, 0.2) is 5.16 Å². The number of aromatic nitrogens is 2. The number of hydrogen-bond donors (Lipinski definition) is 1. The van der Waals surface area contributed by atoms with E-state index in [1.807, 2.05) is 13.0 Å². The Balaban J connectivity index is 2.11. The Labute approximate surface area is 166 Å². The molecule has 0 radical (unpaired) electrons. The summed E-state index contributed by atoms with van der Waals surface area (Å²) in [4.78, 5) is 30.1. The monoisotopic (exact) mass is 401 g/mol. The van der Waals surface area contributed by atoms with E-state index in [1.54, 1.807) is 49.4 Å². The quantitative estimate of drug-likeness (QED) is 0.500. The van der Waals surface area contributed by atoms with Crippen LogP contribution in [0.15, 0.2) is 58.5 Å². The van der Waals surface area contributed by atoms with Gasteiger partial charge >= 0.3 is 0 Å². The van der Waals surface area contributed by atoms with Crippen molar-refractivity contribution in [2.45, 2.75) is 30.7 Å². The van der Waals surface area contributed by atoms with Crippen LogP contribution >= 0.6 is 23.4 Å². The van der Waals surface area contributed by atoms with Crippen molar-refractivity contribution in [3.8, 4) is 5.69 Å². The molecule has 1 heterocycles. The summed E-state index contributed by atoms with van der Waals surface area (Å²) in [5, 5.41) is 3.99. The van der Waals surface area contributed by atoms with Crippen LogP contribution in [0.1, 0.15) is 20.3 Å². The van der Waals surface area contributed by atoms with E-state index in [1.165, 1.54) is 16.3 Å². The third-order valence-corrected chi connectivity index (χ3v) is 5.30. The summed E-state index contributed by atoms with van der Waals surface area (Å²) >= 11 is 7.38. The molecule has 0 aliphatic carbocycles. The van der Waals surface area contributed by atoms with Gasteiger partial charge in [-0.2, -0.15) is 0 Å². The molecule has 3 aromatic rings. The summed E-state index contributed by atoms with van der Waals surface area (Å²) in [6, 6.07) is 14.2. The predicted molar refractivity (Wildman–Crippen MR) is 111 cm³/mol. The second-order valence-electron chi connectivity index (χ2n) is 6.08. The van der Waals surface area contributed by atoms with Crippen molar-refractivity contribution in [2.24, 2.45) is 0 Å². The second kappa shape index (κ2) is 8.59. The van der Waals surface area contributed by atoms with E-state index in [0.29, 0.717) is 33.3 Å². The highest BCUT2D eigenvalue weighted by molar-refractivity contribution is 8.00. The van der Waals surface area contributed by atoms with Crippen LogP contribution in [0.5, 0.6) is 0 Å². The van der Waals surface area contributed by atoms with E-state index in [9.17, 15) is 9.59 Å². The van der Waals surface area contributed by atoms with E-state index in [-0.39, 0.29) is 11.5 Å². The predicted octanol–water partition coefficient (Wildman–Crippen LogP) is 4.05. The number of fused-ring (bicyclic) bond motifs is 1. The van der Waals surface area contributed by atoms with Crippen molar-refractivity contribution in [3.05, 3.63) is 63.9 Å². The van der Waals surface area contributed by atoms with Gasteiger partial charge in [0.25, 0.3) is 5.56 Å². The first-order valence-corrected chi connectivity index (χ1v) is 9.99. The molecule has 1 atom stereocenters. The first-order valence-electron chi connectivity index (χ1n) is 8.73. The van der Waals surface area contributed by atoms with Gasteiger partial charge in [-0.1, -0.05) is 48.5 Å². The Morgan fingerprint density at radius 1 is 1.26 bits per heavy atom. The lowest BCUT2D eigenvalue weighted by molar-refractivity contribution is -0.120. The number of para-hydroxylation sites is 1. The summed E-state index contributed by atoms with van der Waals surface area (Å²) in [5.74, 6) is -0.0816. The van der Waals surface area contributed by atoms with E-state index < -0.39 is 5.25 Å². The maximum absolute atomic E-state index is 13.2. The highest BCUT2D eigenvalue weighted by atomic mass is 35.5. The minimum Gasteiger partial charge on any atom is -0.355 e. The summed E-state index contributed by atoms with van der Waals surface area (Å²) in [6.45, 7) is 4.43. The fraction of sp³-hybridized carbons (Fsp3) is 0.250. The number of amides is 1. The summed E-state index contributed by atoms with van der Waals surface area (Å²) in [6.07, 6.45) is 0.866. The second-order valence-corrected chi connectivity index (χ2v) is 7.83. The Morgan fingerprint density at radius 3 is 2.78 bits per heavy atom. The summed E-state index contributed by atoms with van der Waals surface area (Å²) in [7, 11) is 0. The van der Waals surface area contributed by atoms with E-state index in [0.717, 1.165) is 6.42 Å². The van der Waals surface area contributed by atoms with Gasteiger partial charge in [-0.15, -0.1) is 0 Å². The third kappa shape index (κ3) is 4.34. The van der Waals surface area contributed by atoms with Gasteiger partial charge in [0.05, 0.1) is 21.8 Å². The first kappa shape index (κ1) is 19.5. The number of carbonyl (C=O) groups is 1. The molecule has 5 nitrogen and oxygen atoms in total. The Bertz CT molecular complexity index is 1040. The van der Waals surface area contributed by atoms with Gasteiger partial charge in [0.2, 0.25) is 5.91 Å². The zero-order chi connectivity index (χ0) is 19.4. The molecule has 1 aromatic heterocycles. The van der Waals surface area contributed by atoms with Crippen LogP contribution in [0.2, 0.25) is 5.02 Å². The molecule has 0 saturated heterocycles. The van der Waals surface area contributed by atoms with Crippen LogP contribution in [-0.2, 0) is 4.79 Å². The summed E-state index contributed by atoms with van der Waals surface area (Å²) < 4.78 is 1.52. The molecule has 7 heteroatoms. The Kier molecular flexibility index (Phi) is 6.19. The highest BCUT2D eigenvalue weighted by Crippen LogP contribution is 2.26. The molecule has 2 aromatic carbocycles. The molecule has 1 unspecified atom stereocenters. The van der Waals surface area contributed by atoms with Gasteiger partial charge < -0.3 is 5.32 Å². The molecule has 0 bridgehead atoms. The zero-order valence-electron chi connectivity index (χ0n) is 15.1. The highest BCUT2D eigenvalue weighted by Gasteiger charge is 2.20. The lowest BCUT2D eigenvalue weighted by Gasteiger charge is -2.16. The lowest BCUT2D eigenvalue weighted by Crippen LogP contribution is -2.32. The van der Waals surface area contributed by atoms with Crippen LogP contribution in [0.4, 0.5) is 0 Å². The van der Waals surface area contributed by atoms with Gasteiger partial charge in [0.1, 0.15) is 0 Å². The summed E-state index contributed by atoms with van der Waals surface area (Å²) in [5.41, 5.74) is 1.03. The number of nitrogens with zero attached hydrogens (tertiary/aromatic N) is 2. The Morgan fingerprint density at radius 2 is 2.04 bits per heavy atom. The SMILES string of the molecule is CCCNC(=O)C(C)Sc1nc2ccccc2c(=O)n1-c1cccc(Cl)c1. The van der Waals surface area contributed by atoms with Crippen LogP contribution in [-0.4, -0.2) is 27.3 Å². The molecule has 0 saturated carbocycles. The van der Waals surface area contributed by atoms with Crippen molar-refractivity contribution in [1.29, 1.82) is 0 Å². The molecular formula is C20H20ClN3O2S. The standard InChI is InChI=1S/C20H20ClN3O2S/c1-3-11-22-18(25)13(2)27-20-23-17-10-5-4-9-16(17)19(26)24(20)15-8-6-7-14(21)12-15/h4-10,12-13H,3,11H2,1-2H3,(H,22,25). The molecule has 0 fully saturated rings. The van der Waals surface area contributed by atoms with Crippen molar-refractivity contribution < 1.29 is 4.79 Å². The number of nitrogens with one attached hydrogen (secondary N) is 1. The number of halogens is 1. The third-order valence-electron chi connectivity index (χ3n) is 4.01. The van der Waals surface area contributed by atoms with Gasteiger partial charge in [-0.3, -0.25) is 14.2 Å². The molecular weight excluding hydrogens is 382 g/mol.